The van der Waals surface area contributed by atoms with Gasteiger partial charge in [-0.25, -0.2) is 4.39 Å². The van der Waals surface area contributed by atoms with E-state index in [1.807, 2.05) is 0 Å². The number of methoxy groups -OCH3 is 1. The number of nitrogens with zero attached hydrogens (tertiary/aromatic N) is 4. The van der Waals surface area contributed by atoms with Crippen LogP contribution >= 0.6 is 0 Å². The topological polar surface area (TPSA) is 175 Å². The molecule has 0 spiro atoms. The molecular weight excluding hydrogens is 625 g/mol. The van der Waals surface area contributed by atoms with Crippen molar-refractivity contribution in [3.05, 3.63) is 52.8 Å². The number of halogens is 1. The molecule has 0 radical (unpaired) electrons. The van der Waals surface area contributed by atoms with E-state index >= 15 is 0 Å². The number of carbonyl (C=O) groups excluding carboxylic acids is 6. The van der Waals surface area contributed by atoms with E-state index in [1.54, 1.807) is 23.1 Å². The molecule has 4 aliphatic heterocycles. The SMILES string of the molecule is COc1cc(N)c(F)c(C(=O)N[C@@H]2CCN(C(=O)CCCN3CCN(c4ccc5c(c4)C(=O)N(C4CCC(=O)NC4=O)C5=O)CC3)C2)c1. The number of hydrogen-bond donors (Lipinski definition) is 3. The molecule has 2 atom stereocenters. The third kappa shape index (κ3) is 6.54. The molecule has 15 heteroatoms. The van der Waals surface area contributed by atoms with Crippen molar-refractivity contribution in [2.75, 3.05) is 63.6 Å². The van der Waals surface area contributed by atoms with Crippen molar-refractivity contribution in [2.24, 2.45) is 0 Å². The molecule has 254 valence electrons. The molecule has 14 nitrogen and oxygen atoms in total. The lowest BCUT2D eigenvalue weighted by atomic mass is 10.0. The summed E-state index contributed by atoms with van der Waals surface area (Å²) in [5.74, 6) is -3.24. The van der Waals surface area contributed by atoms with Gasteiger partial charge in [0.25, 0.3) is 17.7 Å². The van der Waals surface area contributed by atoms with Crippen molar-refractivity contribution in [3.63, 3.8) is 0 Å². The number of hydrogen-bond acceptors (Lipinski definition) is 10. The Labute approximate surface area is 276 Å². The number of amides is 6. The van der Waals surface area contributed by atoms with Gasteiger partial charge in [-0.15, -0.1) is 0 Å². The highest BCUT2D eigenvalue weighted by atomic mass is 19.1. The maximum absolute atomic E-state index is 14.5. The van der Waals surface area contributed by atoms with Crippen LogP contribution in [-0.2, 0) is 14.4 Å². The lowest BCUT2D eigenvalue weighted by Gasteiger charge is -2.36. The van der Waals surface area contributed by atoms with Crippen LogP contribution in [0, 0.1) is 5.82 Å². The highest BCUT2D eigenvalue weighted by Gasteiger charge is 2.44. The summed E-state index contributed by atoms with van der Waals surface area (Å²) in [5, 5.41) is 5.01. The lowest BCUT2D eigenvalue weighted by molar-refractivity contribution is -0.136. The summed E-state index contributed by atoms with van der Waals surface area (Å²) < 4.78 is 19.5. The molecule has 0 saturated carbocycles. The fourth-order valence-corrected chi connectivity index (χ4v) is 6.77. The molecule has 3 saturated heterocycles. The maximum atomic E-state index is 14.5. The summed E-state index contributed by atoms with van der Waals surface area (Å²) in [6.45, 7) is 4.49. The zero-order valence-corrected chi connectivity index (χ0v) is 26.6. The van der Waals surface area contributed by atoms with Crippen LogP contribution in [0.2, 0.25) is 0 Å². The number of nitrogen functional groups attached to an aromatic ring is 1. The minimum absolute atomic E-state index is 0.00546. The van der Waals surface area contributed by atoms with Gasteiger partial charge >= 0.3 is 0 Å². The molecule has 0 bridgehead atoms. The van der Waals surface area contributed by atoms with Crippen LogP contribution in [0.25, 0.3) is 0 Å². The molecule has 4 aliphatic rings. The summed E-state index contributed by atoms with van der Waals surface area (Å²) in [5.41, 5.74) is 6.59. The van der Waals surface area contributed by atoms with Crippen molar-refractivity contribution in [1.82, 2.24) is 25.3 Å². The molecule has 2 aromatic rings. The summed E-state index contributed by atoms with van der Waals surface area (Å²) in [6.07, 6.45) is 1.78. The minimum Gasteiger partial charge on any atom is -0.497 e. The Kier molecular flexibility index (Phi) is 9.31. The minimum atomic E-state index is -1.00. The molecule has 6 amide bonds. The third-order valence-corrected chi connectivity index (χ3v) is 9.46. The number of ether oxygens (including phenoxy) is 1. The van der Waals surface area contributed by atoms with Gasteiger partial charge in [-0.1, -0.05) is 0 Å². The van der Waals surface area contributed by atoms with Gasteiger partial charge in [0, 0.05) is 69.9 Å². The van der Waals surface area contributed by atoms with Gasteiger partial charge in [0.15, 0.2) is 5.82 Å². The molecule has 4 N–H and O–H groups in total. The predicted octanol–water partition coefficient (Wildman–Crippen LogP) is 0.751. The molecule has 0 aromatic heterocycles. The smallest absolute Gasteiger partial charge is 0.262 e. The van der Waals surface area contributed by atoms with Crippen molar-refractivity contribution in [1.29, 1.82) is 0 Å². The van der Waals surface area contributed by atoms with Gasteiger partial charge in [0.05, 0.1) is 29.5 Å². The fraction of sp³-hybridized carbons (Fsp3) is 0.455. The number of fused-ring (bicyclic) bond motifs is 1. The number of nitrogens with one attached hydrogen (secondary N) is 2. The number of imide groups is 2. The second-order valence-electron chi connectivity index (χ2n) is 12.5. The number of piperidine rings is 1. The Morgan fingerprint density at radius 1 is 1.00 bits per heavy atom. The van der Waals surface area contributed by atoms with Crippen LogP contribution in [0.1, 0.15) is 63.2 Å². The van der Waals surface area contributed by atoms with E-state index in [4.69, 9.17) is 10.5 Å². The number of anilines is 2. The number of likely N-dealkylation sites (tertiary alicyclic amines) is 1. The Bertz CT molecular complexity index is 1680. The maximum Gasteiger partial charge on any atom is 0.262 e. The molecular formula is C33H38FN7O7. The van der Waals surface area contributed by atoms with Crippen molar-refractivity contribution >= 4 is 46.8 Å². The largest absolute Gasteiger partial charge is 0.497 e. The zero-order chi connectivity index (χ0) is 34.1. The molecule has 6 rings (SSSR count). The second-order valence-corrected chi connectivity index (χ2v) is 12.5. The van der Waals surface area contributed by atoms with E-state index in [2.05, 4.69) is 20.4 Å². The fourth-order valence-electron chi connectivity index (χ4n) is 6.77. The standard InChI is InChI=1S/C33H38FN7O7/c1-48-21-16-24(29(34)25(35)17-21)30(44)36-19-8-10-40(18-19)28(43)3-2-9-38-11-13-39(14-12-38)20-4-5-22-23(15-20)33(47)41(32(22)46)26-6-7-27(42)37-31(26)45/h4-5,15-17,19,26H,2-3,6-14,18,35H2,1H3,(H,36,44)(H,37,42,45)/t19-,26?/m1/s1. The number of carbonyl (C=O) groups is 6. The monoisotopic (exact) mass is 663 g/mol. The van der Waals surface area contributed by atoms with E-state index in [0.717, 1.165) is 30.2 Å². The molecule has 2 aromatic carbocycles. The number of nitrogens with two attached hydrogens (primary N) is 1. The van der Waals surface area contributed by atoms with Crippen molar-refractivity contribution < 1.29 is 37.9 Å². The first-order valence-corrected chi connectivity index (χ1v) is 16.1. The Morgan fingerprint density at radius 2 is 1.75 bits per heavy atom. The van der Waals surface area contributed by atoms with E-state index < -0.39 is 41.4 Å². The average Bonchev–Trinajstić information content (AvgIpc) is 3.64. The summed E-state index contributed by atoms with van der Waals surface area (Å²) in [4.78, 5) is 82.8. The first-order valence-electron chi connectivity index (χ1n) is 16.1. The molecule has 3 fully saturated rings. The van der Waals surface area contributed by atoms with Gasteiger partial charge < -0.3 is 25.6 Å². The Hall–Kier alpha value is -5.05. The van der Waals surface area contributed by atoms with Gasteiger partial charge in [0.1, 0.15) is 11.8 Å². The first kappa shape index (κ1) is 32.9. The second kappa shape index (κ2) is 13.6. The van der Waals surface area contributed by atoms with Crippen molar-refractivity contribution in [2.45, 2.75) is 44.2 Å². The molecule has 48 heavy (non-hydrogen) atoms. The lowest BCUT2D eigenvalue weighted by Crippen LogP contribution is -2.54. The van der Waals surface area contributed by atoms with Crippen LogP contribution in [0.15, 0.2) is 30.3 Å². The Balaban J connectivity index is 0.940. The average molecular weight is 664 g/mol. The van der Waals surface area contributed by atoms with E-state index in [-0.39, 0.29) is 52.9 Å². The van der Waals surface area contributed by atoms with Crippen LogP contribution in [0.5, 0.6) is 5.75 Å². The molecule has 4 heterocycles. The van der Waals surface area contributed by atoms with Crippen LogP contribution < -0.4 is 26.0 Å². The van der Waals surface area contributed by atoms with E-state index in [9.17, 15) is 33.2 Å². The van der Waals surface area contributed by atoms with Crippen LogP contribution in [0.4, 0.5) is 15.8 Å². The highest BCUT2D eigenvalue weighted by Crippen LogP contribution is 2.31. The molecule has 0 aliphatic carbocycles. The number of benzene rings is 2. The van der Waals surface area contributed by atoms with Gasteiger partial charge in [-0.2, -0.15) is 0 Å². The third-order valence-electron chi connectivity index (χ3n) is 9.46. The van der Waals surface area contributed by atoms with E-state index in [0.29, 0.717) is 45.4 Å². The highest BCUT2D eigenvalue weighted by molar-refractivity contribution is 6.23. The summed E-state index contributed by atoms with van der Waals surface area (Å²) in [7, 11) is 1.40. The van der Waals surface area contributed by atoms with Crippen LogP contribution in [-0.4, -0.2) is 115 Å². The zero-order valence-electron chi connectivity index (χ0n) is 26.6. The van der Waals surface area contributed by atoms with Crippen LogP contribution in [0.3, 0.4) is 0 Å². The quantitative estimate of drug-likeness (QED) is 0.257. The number of piperazine rings is 1. The van der Waals surface area contributed by atoms with E-state index in [1.165, 1.54) is 19.2 Å². The Morgan fingerprint density at radius 3 is 2.48 bits per heavy atom. The van der Waals surface area contributed by atoms with Gasteiger partial charge in [-0.3, -0.25) is 43.9 Å². The van der Waals surface area contributed by atoms with Crippen molar-refractivity contribution in [3.8, 4) is 5.75 Å². The first-order chi connectivity index (χ1) is 23.0. The van der Waals surface area contributed by atoms with Gasteiger partial charge in [0.2, 0.25) is 17.7 Å². The number of rotatable bonds is 9. The summed E-state index contributed by atoms with van der Waals surface area (Å²) >= 11 is 0. The normalized spacial score (nSPS) is 21.4. The van der Waals surface area contributed by atoms with Gasteiger partial charge in [-0.05, 0) is 50.1 Å². The summed E-state index contributed by atoms with van der Waals surface area (Å²) in [6, 6.07) is 6.44. The predicted molar refractivity (Wildman–Crippen MR) is 171 cm³/mol. The molecule has 1 unspecified atom stereocenters.